The van der Waals surface area contributed by atoms with Crippen LogP contribution in [0.3, 0.4) is 0 Å². The molecule has 0 saturated carbocycles. The molecule has 1 N–H and O–H groups in total. The summed E-state index contributed by atoms with van der Waals surface area (Å²) in [7, 11) is 0. The first-order valence-electron chi connectivity index (χ1n) is 13.1. The van der Waals surface area contributed by atoms with Gasteiger partial charge >= 0.3 is 0 Å². The molecule has 2 saturated heterocycles. The lowest BCUT2D eigenvalue weighted by Gasteiger charge is -2.35. The maximum atomic E-state index is 12.6. The number of carbonyl (C=O) groups is 4. The number of amides is 3. The first-order valence-corrected chi connectivity index (χ1v) is 13.9. The lowest BCUT2D eigenvalue weighted by atomic mass is 10.0. The van der Waals surface area contributed by atoms with E-state index in [0.29, 0.717) is 31.1 Å². The molecule has 3 amide bonds. The second-order valence-electron chi connectivity index (χ2n) is 9.95. The fourth-order valence-corrected chi connectivity index (χ4v) is 5.46. The third-order valence-electron chi connectivity index (χ3n) is 6.76. The van der Waals surface area contributed by atoms with E-state index in [9.17, 15) is 19.2 Å². The van der Waals surface area contributed by atoms with Crippen LogP contribution in [0.5, 0.6) is 0 Å². The molecule has 2 aliphatic heterocycles. The van der Waals surface area contributed by atoms with E-state index >= 15 is 0 Å². The molecule has 0 bridgehead atoms. The number of benzene rings is 1. The zero-order valence-electron chi connectivity index (χ0n) is 22.3. The van der Waals surface area contributed by atoms with Gasteiger partial charge in [0.25, 0.3) is 11.1 Å². The van der Waals surface area contributed by atoms with Gasteiger partial charge in [0, 0.05) is 62.4 Å². The van der Waals surface area contributed by atoms with Crippen molar-refractivity contribution < 1.29 is 19.2 Å². The zero-order valence-corrected chi connectivity index (χ0v) is 23.2. The topological polar surface area (TPSA) is 113 Å². The van der Waals surface area contributed by atoms with Crippen molar-refractivity contribution in [2.24, 2.45) is 0 Å². The molecule has 2 fully saturated rings. The summed E-state index contributed by atoms with van der Waals surface area (Å²) < 4.78 is 0. The van der Waals surface area contributed by atoms with E-state index in [1.54, 1.807) is 18.3 Å². The Morgan fingerprint density at radius 1 is 1.00 bits per heavy atom. The van der Waals surface area contributed by atoms with Gasteiger partial charge in [-0.25, -0.2) is 4.98 Å². The van der Waals surface area contributed by atoms with Crippen LogP contribution in [0, 0.1) is 0 Å². The highest BCUT2D eigenvalue weighted by Gasteiger charge is 2.25. The van der Waals surface area contributed by atoms with Crippen LogP contribution in [0.1, 0.15) is 32.3 Å². The van der Waals surface area contributed by atoms with Crippen molar-refractivity contribution in [3.8, 4) is 11.1 Å². The number of nitrogens with one attached hydrogen (secondary N) is 1. The third-order valence-corrected chi connectivity index (χ3v) is 7.57. The van der Waals surface area contributed by atoms with E-state index in [-0.39, 0.29) is 35.7 Å². The molecule has 0 spiro atoms. The fourth-order valence-electron chi connectivity index (χ4n) is 4.78. The molecule has 204 valence electrons. The number of carbonyl (C=O) groups excluding carboxylic acids is 4. The second-order valence-corrected chi connectivity index (χ2v) is 11.0. The van der Waals surface area contributed by atoms with E-state index in [1.807, 2.05) is 61.3 Å². The number of ketones is 1. The summed E-state index contributed by atoms with van der Waals surface area (Å²) in [5, 5.41) is 2.82. The molecule has 2 aromatic heterocycles. The van der Waals surface area contributed by atoms with Crippen molar-refractivity contribution in [3.63, 3.8) is 0 Å². The van der Waals surface area contributed by atoms with Crippen molar-refractivity contribution >= 4 is 57.4 Å². The second kappa shape index (κ2) is 11.8. The normalized spacial score (nSPS) is 16.4. The number of piperazine rings is 1. The van der Waals surface area contributed by atoms with Gasteiger partial charge in [0.1, 0.15) is 5.82 Å². The lowest BCUT2D eigenvalue weighted by Crippen LogP contribution is -2.49. The number of anilines is 1. The Kier molecular flexibility index (Phi) is 8.06. The molecule has 10 heteroatoms. The number of allylic oxidation sites excluding steroid dienone is 2. The van der Waals surface area contributed by atoms with Crippen molar-refractivity contribution in [1.82, 2.24) is 20.2 Å². The monoisotopic (exact) mass is 555 g/mol. The van der Waals surface area contributed by atoms with Gasteiger partial charge < -0.3 is 9.80 Å². The highest BCUT2D eigenvalue weighted by atomic mass is 32.2. The van der Waals surface area contributed by atoms with E-state index < -0.39 is 0 Å². The first-order chi connectivity index (χ1) is 19.3. The fraction of sp³-hybridized carbons (Fsp3) is 0.267. The van der Waals surface area contributed by atoms with E-state index in [0.717, 1.165) is 50.7 Å². The van der Waals surface area contributed by atoms with E-state index in [4.69, 9.17) is 4.98 Å². The van der Waals surface area contributed by atoms with Gasteiger partial charge in [0.2, 0.25) is 5.91 Å². The number of rotatable bonds is 7. The summed E-state index contributed by atoms with van der Waals surface area (Å²) in [6, 6.07) is 11.7. The third kappa shape index (κ3) is 6.28. The Bertz CT molecular complexity index is 1550. The Hall–Kier alpha value is -4.31. The Morgan fingerprint density at radius 2 is 1.80 bits per heavy atom. The van der Waals surface area contributed by atoms with Gasteiger partial charge in [-0.2, -0.15) is 0 Å². The number of fused-ring (bicyclic) bond motifs is 1. The van der Waals surface area contributed by atoms with Crippen LogP contribution in [-0.4, -0.2) is 63.9 Å². The van der Waals surface area contributed by atoms with Gasteiger partial charge in [-0.1, -0.05) is 11.6 Å². The first kappa shape index (κ1) is 27.3. The predicted octanol–water partition coefficient (Wildman–Crippen LogP) is 4.58. The average molecular weight is 556 g/mol. The van der Waals surface area contributed by atoms with Crippen molar-refractivity contribution in [3.05, 3.63) is 70.9 Å². The maximum Gasteiger partial charge on any atom is 0.290 e. The Labute approximate surface area is 236 Å². The standard InChI is InChI=1S/C30H29N5O4S/c1-19(2)15-22(36)5-8-28(37)35-13-11-34(12-14-35)27-7-4-21(18-32-27)23-9-10-31-25-6-3-20(16-24(23)25)17-26-29(38)33-30(39)40-26/h3-4,6-7,9-10,15-18H,5,8,11-14H2,1-2H3,(H,33,38,39). The molecule has 0 radical (unpaired) electrons. The highest BCUT2D eigenvalue weighted by molar-refractivity contribution is 8.18. The summed E-state index contributed by atoms with van der Waals surface area (Å²) in [5.74, 6) is 0.452. The summed E-state index contributed by atoms with van der Waals surface area (Å²) >= 11 is 0.890. The summed E-state index contributed by atoms with van der Waals surface area (Å²) in [6.07, 6.45) is 7.35. The molecular formula is C30H29N5O4S. The van der Waals surface area contributed by atoms with Gasteiger partial charge in [0.05, 0.1) is 10.4 Å². The predicted molar refractivity (Wildman–Crippen MR) is 157 cm³/mol. The number of pyridine rings is 2. The lowest BCUT2D eigenvalue weighted by molar-refractivity contribution is -0.133. The van der Waals surface area contributed by atoms with Crippen LogP contribution in [0.4, 0.5) is 10.6 Å². The highest BCUT2D eigenvalue weighted by Crippen LogP contribution is 2.31. The molecule has 9 nitrogen and oxygen atoms in total. The molecule has 0 aliphatic carbocycles. The number of imide groups is 1. The van der Waals surface area contributed by atoms with Crippen LogP contribution in [-0.2, 0) is 14.4 Å². The van der Waals surface area contributed by atoms with Gasteiger partial charge in [-0.05, 0) is 79.2 Å². The van der Waals surface area contributed by atoms with E-state index in [1.165, 1.54) is 0 Å². The molecule has 4 heterocycles. The van der Waals surface area contributed by atoms with Crippen LogP contribution in [0.25, 0.3) is 28.1 Å². The van der Waals surface area contributed by atoms with E-state index in [2.05, 4.69) is 15.2 Å². The number of nitrogens with zero attached hydrogens (tertiary/aromatic N) is 4. The number of hydrogen-bond acceptors (Lipinski definition) is 8. The molecule has 40 heavy (non-hydrogen) atoms. The summed E-state index contributed by atoms with van der Waals surface area (Å²) in [5.41, 5.74) is 4.44. The minimum atomic E-state index is -0.388. The number of hydrogen-bond donors (Lipinski definition) is 1. The molecular weight excluding hydrogens is 526 g/mol. The number of aromatic nitrogens is 2. The largest absolute Gasteiger partial charge is 0.353 e. The maximum absolute atomic E-state index is 12.6. The molecule has 3 aromatic rings. The smallest absolute Gasteiger partial charge is 0.290 e. The molecule has 2 aliphatic rings. The van der Waals surface area contributed by atoms with Gasteiger partial charge in [-0.3, -0.25) is 29.5 Å². The Morgan fingerprint density at radius 3 is 2.48 bits per heavy atom. The van der Waals surface area contributed by atoms with Crippen molar-refractivity contribution in [1.29, 1.82) is 0 Å². The number of thioether (sulfide) groups is 1. The average Bonchev–Trinajstić information content (AvgIpc) is 3.27. The Balaban J connectivity index is 1.26. The SMILES string of the molecule is CC(C)=CC(=O)CCC(=O)N1CCN(c2ccc(-c3ccnc4ccc(C=C5SC(=O)NC5=O)cc34)cn2)CC1. The van der Waals surface area contributed by atoms with Crippen LogP contribution in [0.2, 0.25) is 0 Å². The van der Waals surface area contributed by atoms with Gasteiger partial charge in [0.15, 0.2) is 5.78 Å². The molecule has 0 atom stereocenters. The molecule has 0 unspecified atom stereocenters. The zero-order chi connectivity index (χ0) is 28.2. The minimum absolute atomic E-state index is 0.0109. The van der Waals surface area contributed by atoms with Crippen LogP contribution in [0.15, 0.2) is 65.3 Å². The minimum Gasteiger partial charge on any atom is -0.353 e. The van der Waals surface area contributed by atoms with Gasteiger partial charge in [-0.15, -0.1) is 0 Å². The molecule has 1 aromatic carbocycles. The molecule has 5 rings (SSSR count). The van der Waals surface area contributed by atoms with Crippen molar-refractivity contribution in [2.45, 2.75) is 26.7 Å². The van der Waals surface area contributed by atoms with Crippen LogP contribution >= 0.6 is 11.8 Å². The van der Waals surface area contributed by atoms with Crippen molar-refractivity contribution in [2.75, 3.05) is 31.1 Å². The summed E-state index contributed by atoms with van der Waals surface area (Å²) in [4.78, 5) is 61.5. The van der Waals surface area contributed by atoms with Crippen LogP contribution < -0.4 is 10.2 Å². The summed E-state index contributed by atoms with van der Waals surface area (Å²) in [6.45, 7) is 6.27. The quantitative estimate of drug-likeness (QED) is 0.422.